The van der Waals surface area contributed by atoms with Crippen molar-refractivity contribution in [1.29, 1.82) is 0 Å². The van der Waals surface area contributed by atoms with Gasteiger partial charge in [0.15, 0.2) is 0 Å². The lowest BCUT2D eigenvalue weighted by atomic mass is 9.99. The second kappa shape index (κ2) is 4.07. The van der Waals surface area contributed by atoms with Gasteiger partial charge in [-0.15, -0.1) is 0 Å². The van der Waals surface area contributed by atoms with Gasteiger partial charge >= 0.3 is 0 Å². The Bertz CT molecular complexity index is 187. The van der Waals surface area contributed by atoms with Crippen LogP contribution in [0.1, 0.15) is 26.7 Å². The van der Waals surface area contributed by atoms with Crippen LogP contribution in [0.3, 0.4) is 0 Å². The molecule has 4 N–H and O–H groups in total. The molecule has 13 heavy (non-hydrogen) atoms. The standard InChI is InChI=1S/C9H19N3O/c1-7(6-10)12-8(13)9(2)4-3-5-11-9/h7,11H,3-6,10H2,1-2H3,(H,12,13)/t7-,9?/m1/s1. The third-order valence-electron chi connectivity index (χ3n) is 2.60. The van der Waals surface area contributed by atoms with Crippen molar-refractivity contribution in [2.24, 2.45) is 5.73 Å². The Morgan fingerprint density at radius 1 is 1.77 bits per heavy atom. The van der Waals surface area contributed by atoms with E-state index in [1.54, 1.807) is 0 Å². The minimum absolute atomic E-state index is 0.0618. The fourth-order valence-corrected chi connectivity index (χ4v) is 1.53. The van der Waals surface area contributed by atoms with Crippen LogP contribution in [0.25, 0.3) is 0 Å². The minimum atomic E-state index is -0.372. The highest BCUT2D eigenvalue weighted by molar-refractivity contribution is 5.86. The van der Waals surface area contributed by atoms with E-state index >= 15 is 0 Å². The van der Waals surface area contributed by atoms with Gasteiger partial charge in [0, 0.05) is 12.6 Å². The van der Waals surface area contributed by atoms with Crippen LogP contribution in [-0.2, 0) is 4.79 Å². The normalized spacial score (nSPS) is 30.1. The first-order valence-corrected chi connectivity index (χ1v) is 4.84. The molecule has 0 spiro atoms. The Kier molecular flexibility index (Phi) is 3.27. The molecule has 1 saturated heterocycles. The highest BCUT2D eigenvalue weighted by Crippen LogP contribution is 2.18. The molecule has 1 unspecified atom stereocenters. The summed E-state index contributed by atoms with van der Waals surface area (Å²) in [6.45, 7) is 5.28. The minimum Gasteiger partial charge on any atom is -0.351 e. The molecule has 0 aromatic heterocycles. The van der Waals surface area contributed by atoms with Crippen LogP contribution in [0.15, 0.2) is 0 Å². The van der Waals surface area contributed by atoms with E-state index in [1.807, 2.05) is 13.8 Å². The van der Waals surface area contributed by atoms with Crippen LogP contribution in [0.5, 0.6) is 0 Å². The molecule has 0 radical (unpaired) electrons. The number of nitrogens with two attached hydrogens (primary N) is 1. The van der Waals surface area contributed by atoms with Crippen molar-refractivity contribution in [3.05, 3.63) is 0 Å². The molecule has 2 atom stereocenters. The van der Waals surface area contributed by atoms with Gasteiger partial charge in [-0.1, -0.05) is 0 Å². The molecule has 0 aromatic rings. The van der Waals surface area contributed by atoms with Crippen LogP contribution < -0.4 is 16.4 Å². The smallest absolute Gasteiger partial charge is 0.240 e. The molecular formula is C9H19N3O. The Balaban J connectivity index is 2.46. The SMILES string of the molecule is C[C@H](CN)NC(=O)C1(C)CCCN1. The Morgan fingerprint density at radius 2 is 2.46 bits per heavy atom. The zero-order chi connectivity index (χ0) is 9.90. The van der Waals surface area contributed by atoms with E-state index in [2.05, 4.69) is 10.6 Å². The maximum absolute atomic E-state index is 11.7. The van der Waals surface area contributed by atoms with Crippen LogP contribution in [0.4, 0.5) is 0 Å². The molecule has 0 bridgehead atoms. The summed E-state index contributed by atoms with van der Waals surface area (Å²) in [5, 5.41) is 6.09. The van der Waals surface area contributed by atoms with Crippen molar-refractivity contribution < 1.29 is 4.79 Å². The average molecular weight is 185 g/mol. The number of carbonyl (C=O) groups is 1. The lowest BCUT2D eigenvalue weighted by molar-refractivity contribution is -0.127. The molecule has 76 valence electrons. The first kappa shape index (κ1) is 10.5. The van der Waals surface area contributed by atoms with E-state index < -0.39 is 0 Å². The fraction of sp³-hybridized carbons (Fsp3) is 0.889. The van der Waals surface area contributed by atoms with E-state index in [0.29, 0.717) is 6.54 Å². The first-order valence-electron chi connectivity index (χ1n) is 4.84. The van der Waals surface area contributed by atoms with Crippen molar-refractivity contribution in [1.82, 2.24) is 10.6 Å². The van der Waals surface area contributed by atoms with Crippen molar-refractivity contribution in [3.63, 3.8) is 0 Å². The van der Waals surface area contributed by atoms with Gasteiger partial charge < -0.3 is 16.4 Å². The molecular weight excluding hydrogens is 166 g/mol. The van der Waals surface area contributed by atoms with Gasteiger partial charge in [0.25, 0.3) is 0 Å². The van der Waals surface area contributed by atoms with E-state index in [4.69, 9.17) is 5.73 Å². The molecule has 0 aliphatic carbocycles. The second-order valence-electron chi connectivity index (χ2n) is 3.97. The molecule has 1 amide bonds. The first-order chi connectivity index (χ1) is 6.08. The Morgan fingerprint density at radius 3 is 2.92 bits per heavy atom. The third kappa shape index (κ3) is 2.42. The summed E-state index contributed by atoms with van der Waals surface area (Å²) in [5.41, 5.74) is 5.06. The predicted molar refractivity (Wildman–Crippen MR) is 52.3 cm³/mol. The summed E-state index contributed by atoms with van der Waals surface area (Å²) in [5.74, 6) is 0.0722. The molecule has 4 nitrogen and oxygen atoms in total. The number of carbonyl (C=O) groups excluding carboxylic acids is 1. The summed E-state index contributed by atoms with van der Waals surface area (Å²) in [4.78, 5) is 11.7. The van der Waals surface area contributed by atoms with E-state index in [0.717, 1.165) is 19.4 Å². The maximum Gasteiger partial charge on any atom is 0.240 e. The summed E-state index contributed by atoms with van der Waals surface area (Å²) in [6, 6.07) is 0.0618. The maximum atomic E-state index is 11.7. The topological polar surface area (TPSA) is 67.1 Å². The van der Waals surface area contributed by atoms with Crippen molar-refractivity contribution >= 4 is 5.91 Å². The van der Waals surface area contributed by atoms with E-state index in [1.165, 1.54) is 0 Å². The molecule has 1 rings (SSSR count). The molecule has 1 aliphatic heterocycles. The molecule has 0 aromatic carbocycles. The van der Waals surface area contributed by atoms with Crippen molar-refractivity contribution in [3.8, 4) is 0 Å². The van der Waals surface area contributed by atoms with Gasteiger partial charge in [0.05, 0.1) is 5.54 Å². The second-order valence-corrected chi connectivity index (χ2v) is 3.97. The number of amides is 1. The monoisotopic (exact) mass is 185 g/mol. The van der Waals surface area contributed by atoms with Crippen molar-refractivity contribution in [2.75, 3.05) is 13.1 Å². The molecule has 1 aliphatic rings. The highest BCUT2D eigenvalue weighted by Gasteiger charge is 2.35. The quantitative estimate of drug-likeness (QED) is 0.560. The molecule has 0 saturated carbocycles. The zero-order valence-corrected chi connectivity index (χ0v) is 8.39. The van der Waals surface area contributed by atoms with E-state index in [-0.39, 0.29) is 17.5 Å². The van der Waals surface area contributed by atoms with Crippen LogP contribution >= 0.6 is 0 Å². The number of hydrogen-bond acceptors (Lipinski definition) is 3. The van der Waals surface area contributed by atoms with Crippen molar-refractivity contribution in [2.45, 2.75) is 38.3 Å². The molecule has 1 fully saturated rings. The summed E-state index contributed by atoms with van der Waals surface area (Å²) in [7, 11) is 0. The largest absolute Gasteiger partial charge is 0.351 e. The number of rotatable bonds is 3. The zero-order valence-electron chi connectivity index (χ0n) is 8.39. The van der Waals surface area contributed by atoms with Crippen LogP contribution in [0.2, 0.25) is 0 Å². The van der Waals surface area contributed by atoms with Gasteiger partial charge in [-0.05, 0) is 33.2 Å². The Hall–Kier alpha value is -0.610. The summed E-state index contributed by atoms with van der Waals surface area (Å²) >= 11 is 0. The van der Waals surface area contributed by atoms with Gasteiger partial charge in [0.1, 0.15) is 0 Å². The third-order valence-corrected chi connectivity index (χ3v) is 2.60. The lowest BCUT2D eigenvalue weighted by Crippen LogP contribution is -2.54. The number of nitrogens with one attached hydrogen (secondary N) is 2. The number of hydrogen-bond donors (Lipinski definition) is 3. The van der Waals surface area contributed by atoms with Gasteiger partial charge in [-0.2, -0.15) is 0 Å². The lowest BCUT2D eigenvalue weighted by Gasteiger charge is -2.25. The molecule has 1 heterocycles. The van der Waals surface area contributed by atoms with Crippen LogP contribution in [-0.4, -0.2) is 30.6 Å². The molecule has 4 heteroatoms. The van der Waals surface area contributed by atoms with Gasteiger partial charge in [-0.3, -0.25) is 4.79 Å². The average Bonchev–Trinajstić information content (AvgIpc) is 2.53. The van der Waals surface area contributed by atoms with Gasteiger partial charge in [0.2, 0.25) is 5.91 Å². The van der Waals surface area contributed by atoms with E-state index in [9.17, 15) is 4.79 Å². The highest BCUT2D eigenvalue weighted by atomic mass is 16.2. The summed E-state index contributed by atoms with van der Waals surface area (Å²) in [6.07, 6.45) is 1.98. The van der Waals surface area contributed by atoms with Gasteiger partial charge in [-0.25, -0.2) is 0 Å². The summed E-state index contributed by atoms with van der Waals surface area (Å²) < 4.78 is 0. The fourth-order valence-electron chi connectivity index (χ4n) is 1.53. The van der Waals surface area contributed by atoms with Crippen LogP contribution in [0, 0.1) is 0 Å². The predicted octanol–water partition coefficient (Wildman–Crippen LogP) is -0.408. The Labute approximate surface area is 79.3 Å².